The highest BCUT2D eigenvalue weighted by Gasteiger charge is 2.20. The maximum Gasteiger partial charge on any atom is 0.348 e. The minimum Gasteiger partial charge on any atom is -0.462 e. The van der Waals surface area contributed by atoms with E-state index in [2.05, 4.69) is 6.92 Å². The predicted molar refractivity (Wildman–Crippen MR) is 86.4 cm³/mol. The quantitative estimate of drug-likeness (QED) is 0.571. The van der Waals surface area contributed by atoms with Gasteiger partial charge in [-0.1, -0.05) is 25.5 Å². The van der Waals surface area contributed by atoms with Gasteiger partial charge in [0.1, 0.15) is 4.88 Å². The Hall–Kier alpha value is -1.68. The molecule has 0 fully saturated rings. The van der Waals surface area contributed by atoms with Crippen LogP contribution in [0.2, 0.25) is 0 Å². The van der Waals surface area contributed by atoms with E-state index in [0.717, 1.165) is 34.1 Å². The molecule has 0 atom stereocenters. The van der Waals surface area contributed by atoms with E-state index in [-0.39, 0.29) is 11.8 Å². The lowest BCUT2D eigenvalue weighted by Crippen LogP contribution is -2.03. The van der Waals surface area contributed by atoms with Gasteiger partial charge in [-0.05, 0) is 37.3 Å². The molecule has 0 aliphatic rings. The van der Waals surface area contributed by atoms with Gasteiger partial charge in [-0.15, -0.1) is 11.3 Å². The first-order valence-corrected chi connectivity index (χ1v) is 8.14. The Balaban J connectivity index is 2.47. The maximum atomic E-state index is 12.3. The zero-order chi connectivity index (χ0) is 15.4. The third-order valence-electron chi connectivity index (χ3n) is 3.48. The molecule has 0 amide bonds. The van der Waals surface area contributed by atoms with E-state index < -0.39 is 0 Å². The second kappa shape index (κ2) is 6.85. The van der Waals surface area contributed by atoms with Gasteiger partial charge in [0.05, 0.1) is 6.61 Å². The lowest BCUT2D eigenvalue weighted by molar-refractivity contribution is 0.0531. The topological polar surface area (TPSA) is 43.4 Å². The molecule has 0 saturated heterocycles. The van der Waals surface area contributed by atoms with Gasteiger partial charge in [-0.2, -0.15) is 0 Å². The first-order chi connectivity index (χ1) is 10.1. The molecule has 0 N–H and O–H groups in total. The molecule has 0 aliphatic heterocycles. The van der Waals surface area contributed by atoms with Crippen LogP contribution in [0.1, 0.15) is 58.7 Å². The molecular formula is C17H20O3S. The molecule has 1 heterocycles. The summed E-state index contributed by atoms with van der Waals surface area (Å²) in [4.78, 5) is 24.9. The third kappa shape index (κ3) is 3.16. The van der Waals surface area contributed by atoms with Gasteiger partial charge in [-0.25, -0.2) is 4.79 Å². The molecule has 21 heavy (non-hydrogen) atoms. The lowest BCUT2D eigenvalue weighted by Gasteiger charge is -2.01. The number of thiophene rings is 1. The smallest absolute Gasteiger partial charge is 0.348 e. The normalized spacial score (nSPS) is 10.8. The predicted octanol–water partition coefficient (Wildman–Crippen LogP) is 4.76. The Morgan fingerprint density at radius 2 is 2.00 bits per heavy atom. The fourth-order valence-corrected chi connectivity index (χ4v) is 3.56. The van der Waals surface area contributed by atoms with Crippen LogP contribution < -0.4 is 0 Å². The number of rotatable bonds is 6. The molecule has 0 radical (unpaired) electrons. The highest BCUT2D eigenvalue weighted by atomic mass is 32.1. The zero-order valence-electron chi connectivity index (χ0n) is 12.7. The van der Waals surface area contributed by atoms with Crippen LogP contribution >= 0.6 is 11.3 Å². The molecule has 2 aromatic rings. The third-order valence-corrected chi connectivity index (χ3v) is 4.80. The summed E-state index contributed by atoms with van der Waals surface area (Å²) >= 11 is 1.36. The monoisotopic (exact) mass is 304 g/mol. The first kappa shape index (κ1) is 15.7. The van der Waals surface area contributed by atoms with Crippen LogP contribution in [0.25, 0.3) is 10.1 Å². The van der Waals surface area contributed by atoms with Crippen LogP contribution in [0, 0.1) is 6.92 Å². The molecule has 1 aromatic carbocycles. The van der Waals surface area contributed by atoms with Gasteiger partial charge in [-0.3, -0.25) is 4.79 Å². The van der Waals surface area contributed by atoms with Crippen molar-refractivity contribution in [3.05, 3.63) is 34.2 Å². The molecule has 4 heteroatoms. The van der Waals surface area contributed by atoms with E-state index in [1.807, 2.05) is 25.1 Å². The number of benzene rings is 1. The molecule has 112 valence electrons. The summed E-state index contributed by atoms with van der Waals surface area (Å²) in [6.45, 7) is 6.13. The Morgan fingerprint density at radius 1 is 1.24 bits per heavy atom. The van der Waals surface area contributed by atoms with E-state index in [9.17, 15) is 9.59 Å². The Bertz CT molecular complexity index is 670. The van der Waals surface area contributed by atoms with Gasteiger partial charge in [0.15, 0.2) is 5.78 Å². The number of hydrogen-bond donors (Lipinski definition) is 0. The number of carbonyl (C=O) groups is 2. The van der Waals surface area contributed by atoms with Crippen LogP contribution in [-0.2, 0) is 4.74 Å². The summed E-state index contributed by atoms with van der Waals surface area (Å²) in [5, 5.41) is 0.977. The van der Waals surface area contributed by atoms with Crippen molar-refractivity contribution in [3.63, 3.8) is 0 Å². The van der Waals surface area contributed by atoms with Crippen LogP contribution in [0.5, 0.6) is 0 Å². The lowest BCUT2D eigenvalue weighted by atomic mass is 10.0. The number of ketones is 1. The second-order valence-electron chi connectivity index (χ2n) is 4.99. The van der Waals surface area contributed by atoms with Crippen molar-refractivity contribution in [1.82, 2.24) is 0 Å². The van der Waals surface area contributed by atoms with E-state index >= 15 is 0 Å². The average molecular weight is 304 g/mol. The van der Waals surface area contributed by atoms with Crippen molar-refractivity contribution in [2.75, 3.05) is 6.61 Å². The molecular weight excluding hydrogens is 284 g/mol. The average Bonchev–Trinajstić information content (AvgIpc) is 2.82. The largest absolute Gasteiger partial charge is 0.462 e. The Labute approximate surface area is 128 Å². The highest BCUT2D eigenvalue weighted by Crippen LogP contribution is 2.34. The molecule has 3 nitrogen and oxygen atoms in total. The summed E-state index contributed by atoms with van der Waals surface area (Å²) < 4.78 is 5.99. The minimum absolute atomic E-state index is 0.152. The summed E-state index contributed by atoms with van der Waals surface area (Å²) in [6.07, 6.45) is 2.45. The maximum absolute atomic E-state index is 12.3. The number of Topliss-reactive ketones (excluding diaryl/α,β-unsaturated/α-hetero) is 1. The van der Waals surface area contributed by atoms with Gasteiger partial charge in [0, 0.05) is 16.7 Å². The zero-order valence-corrected chi connectivity index (χ0v) is 13.5. The number of ether oxygens (including phenoxy) is 1. The van der Waals surface area contributed by atoms with E-state index in [1.54, 1.807) is 6.92 Å². The molecule has 1 aromatic heterocycles. The molecule has 0 unspecified atom stereocenters. The second-order valence-corrected chi connectivity index (χ2v) is 6.01. The van der Waals surface area contributed by atoms with Crippen LogP contribution in [0.4, 0.5) is 0 Å². The SMILES string of the molecule is CCCCC(=O)c1cccc2c(C)c(C(=O)OCC)sc12. The Morgan fingerprint density at radius 3 is 2.67 bits per heavy atom. The minimum atomic E-state index is -0.303. The van der Waals surface area contributed by atoms with Crippen molar-refractivity contribution in [2.24, 2.45) is 0 Å². The van der Waals surface area contributed by atoms with Crippen molar-refractivity contribution < 1.29 is 14.3 Å². The first-order valence-electron chi connectivity index (χ1n) is 7.32. The summed E-state index contributed by atoms with van der Waals surface area (Å²) in [6, 6.07) is 5.70. The fourth-order valence-electron chi connectivity index (χ4n) is 2.33. The molecule has 0 bridgehead atoms. The van der Waals surface area contributed by atoms with E-state index in [4.69, 9.17) is 4.74 Å². The number of aryl methyl sites for hydroxylation is 1. The van der Waals surface area contributed by atoms with Crippen LogP contribution in [0.3, 0.4) is 0 Å². The molecule has 0 aliphatic carbocycles. The standard InChI is InChI=1S/C17H20O3S/c1-4-6-10-14(18)13-9-7-8-12-11(3)15(21-16(12)13)17(19)20-5-2/h7-9H,4-6,10H2,1-3H3. The van der Waals surface area contributed by atoms with Crippen LogP contribution in [0.15, 0.2) is 18.2 Å². The molecule has 0 spiro atoms. The van der Waals surface area contributed by atoms with Crippen molar-refractivity contribution in [1.29, 1.82) is 0 Å². The van der Waals surface area contributed by atoms with Gasteiger partial charge < -0.3 is 4.74 Å². The van der Waals surface area contributed by atoms with Gasteiger partial charge >= 0.3 is 5.97 Å². The van der Waals surface area contributed by atoms with Gasteiger partial charge in [0.2, 0.25) is 0 Å². The van der Waals surface area contributed by atoms with Crippen LogP contribution in [-0.4, -0.2) is 18.4 Å². The number of fused-ring (bicyclic) bond motifs is 1. The summed E-state index contributed by atoms with van der Waals surface area (Å²) in [5.41, 5.74) is 1.63. The highest BCUT2D eigenvalue weighted by molar-refractivity contribution is 7.21. The number of esters is 1. The van der Waals surface area contributed by atoms with Crippen molar-refractivity contribution in [3.8, 4) is 0 Å². The number of carbonyl (C=O) groups excluding carboxylic acids is 2. The number of hydrogen-bond acceptors (Lipinski definition) is 4. The summed E-state index contributed by atoms with van der Waals surface area (Å²) in [5.74, 6) is -0.151. The van der Waals surface area contributed by atoms with Gasteiger partial charge in [0.25, 0.3) is 0 Å². The van der Waals surface area contributed by atoms with E-state index in [0.29, 0.717) is 17.9 Å². The molecule has 0 saturated carbocycles. The van der Waals surface area contributed by atoms with Crippen molar-refractivity contribution >= 4 is 33.2 Å². The molecule has 2 rings (SSSR count). The van der Waals surface area contributed by atoms with Crippen molar-refractivity contribution in [2.45, 2.75) is 40.0 Å². The summed E-state index contributed by atoms with van der Waals surface area (Å²) in [7, 11) is 0. The van der Waals surface area contributed by atoms with E-state index in [1.165, 1.54) is 11.3 Å². The fraction of sp³-hybridized carbons (Fsp3) is 0.412. The number of unbranched alkanes of at least 4 members (excludes halogenated alkanes) is 1. The Kier molecular flexibility index (Phi) is 5.12.